The quantitative estimate of drug-likeness (QED) is 0.589. The number of hydrogen-bond donors (Lipinski definition) is 3. The van der Waals surface area contributed by atoms with Crippen molar-refractivity contribution in [3.8, 4) is 0 Å². The van der Waals surface area contributed by atoms with Crippen LogP contribution in [0.5, 0.6) is 0 Å². The van der Waals surface area contributed by atoms with Gasteiger partial charge in [-0.25, -0.2) is 9.18 Å². The van der Waals surface area contributed by atoms with Gasteiger partial charge in [0.25, 0.3) is 5.56 Å². The number of halogens is 1. The number of fused-ring (bicyclic) bond motifs is 1. The third-order valence-electron chi connectivity index (χ3n) is 5.62. The zero-order chi connectivity index (χ0) is 20.7. The standard InChI is InChI=1S/C19H27FN4O4/c1-10(15(26)9-25)6-7-22(3)17-11(2)16-13(8-14(17)20)18(27)24(21)19(28)23(16)12-4-5-12/h8,10,12,15,25-26H,4-7,9,21H2,1-3H3. The number of nitrogen functional groups attached to an aromatic ring is 1. The lowest BCUT2D eigenvalue weighted by molar-refractivity contribution is 0.0512. The average Bonchev–Trinajstić information content (AvgIpc) is 3.49. The lowest BCUT2D eigenvalue weighted by Gasteiger charge is -2.26. The van der Waals surface area contributed by atoms with Gasteiger partial charge < -0.3 is 21.0 Å². The first-order chi connectivity index (χ1) is 13.2. The Morgan fingerprint density at radius 3 is 2.61 bits per heavy atom. The number of aliphatic hydroxyl groups excluding tert-OH is 2. The van der Waals surface area contributed by atoms with Crippen molar-refractivity contribution in [3.63, 3.8) is 0 Å². The summed E-state index contributed by atoms with van der Waals surface area (Å²) in [7, 11) is 1.72. The monoisotopic (exact) mass is 394 g/mol. The summed E-state index contributed by atoms with van der Waals surface area (Å²) < 4.78 is 17.0. The second kappa shape index (κ2) is 7.56. The normalized spacial score (nSPS) is 16.4. The molecule has 2 aromatic rings. The number of rotatable bonds is 7. The van der Waals surface area contributed by atoms with Gasteiger partial charge in [-0.05, 0) is 38.2 Å². The van der Waals surface area contributed by atoms with E-state index in [0.29, 0.717) is 34.4 Å². The largest absolute Gasteiger partial charge is 0.394 e. The van der Waals surface area contributed by atoms with Crippen LogP contribution in [-0.2, 0) is 0 Å². The van der Waals surface area contributed by atoms with Crippen LogP contribution in [0.4, 0.5) is 10.1 Å². The summed E-state index contributed by atoms with van der Waals surface area (Å²) in [6.45, 7) is 3.62. The molecule has 1 aromatic carbocycles. The highest BCUT2D eigenvalue weighted by Crippen LogP contribution is 2.38. The smallest absolute Gasteiger partial charge is 0.350 e. The van der Waals surface area contributed by atoms with Crippen molar-refractivity contribution < 1.29 is 14.6 Å². The Morgan fingerprint density at radius 2 is 2.04 bits per heavy atom. The zero-order valence-corrected chi connectivity index (χ0v) is 16.4. The van der Waals surface area contributed by atoms with Gasteiger partial charge in [-0.1, -0.05) is 6.92 Å². The molecule has 0 amide bonds. The molecule has 1 saturated carbocycles. The second-order valence-electron chi connectivity index (χ2n) is 7.72. The van der Waals surface area contributed by atoms with E-state index in [-0.39, 0.29) is 24.0 Å². The van der Waals surface area contributed by atoms with Crippen LogP contribution in [0, 0.1) is 18.7 Å². The Labute approximate surface area is 161 Å². The van der Waals surface area contributed by atoms with E-state index in [0.717, 1.165) is 18.9 Å². The van der Waals surface area contributed by atoms with Gasteiger partial charge in [0, 0.05) is 25.2 Å². The fourth-order valence-electron chi connectivity index (χ4n) is 3.68. The topological polar surface area (TPSA) is 114 Å². The molecule has 9 heteroatoms. The van der Waals surface area contributed by atoms with Crippen LogP contribution in [0.1, 0.15) is 37.8 Å². The molecule has 0 saturated heterocycles. The SMILES string of the molecule is Cc1c(N(C)CCC(C)C(O)CO)c(F)cc2c(=O)n(N)c(=O)n(C3CC3)c12. The molecule has 1 aliphatic carbocycles. The van der Waals surface area contributed by atoms with Gasteiger partial charge in [0.1, 0.15) is 5.82 Å². The minimum Gasteiger partial charge on any atom is -0.394 e. The van der Waals surface area contributed by atoms with Crippen molar-refractivity contribution in [2.45, 2.75) is 45.3 Å². The molecule has 2 unspecified atom stereocenters. The van der Waals surface area contributed by atoms with E-state index in [4.69, 9.17) is 10.9 Å². The van der Waals surface area contributed by atoms with Crippen LogP contribution in [-0.4, -0.2) is 45.8 Å². The van der Waals surface area contributed by atoms with Gasteiger partial charge in [-0.2, -0.15) is 4.68 Å². The molecule has 0 aliphatic heterocycles. The van der Waals surface area contributed by atoms with Crippen molar-refractivity contribution >= 4 is 16.6 Å². The van der Waals surface area contributed by atoms with Crippen LogP contribution in [0.3, 0.4) is 0 Å². The van der Waals surface area contributed by atoms with Crippen LogP contribution in [0.25, 0.3) is 10.9 Å². The number of benzene rings is 1. The molecule has 28 heavy (non-hydrogen) atoms. The Bertz CT molecular complexity index is 1010. The lowest BCUT2D eigenvalue weighted by atomic mass is 10.0. The van der Waals surface area contributed by atoms with E-state index >= 15 is 0 Å². The summed E-state index contributed by atoms with van der Waals surface area (Å²) in [5.74, 6) is 4.90. The number of anilines is 1. The summed E-state index contributed by atoms with van der Waals surface area (Å²) in [6.07, 6.45) is 1.32. The van der Waals surface area contributed by atoms with Crippen molar-refractivity contribution in [2.75, 3.05) is 30.9 Å². The molecule has 1 heterocycles. The molecule has 0 bridgehead atoms. The molecule has 154 valence electrons. The molecule has 3 rings (SSSR count). The first kappa shape index (κ1) is 20.3. The molecule has 8 nitrogen and oxygen atoms in total. The summed E-state index contributed by atoms with van der Waals surface area (Å²) in [5.41, 5.74) is -0.0718. The second-order valence-corrected chi connectivity index (χ2v) is 7.72. The molecular weight excluding hydrogens is 367 g/mol. The Balaban J connectivity index is 2.09. The maximum Gasteiger partial charge on any atom is 0.350 e. The molecule has 1 aromatic heterocycles. The Hall–Kier alpha value is -2.39. The molecule has 1 fully saturated rings. The number of hydrogen-bond acceptors (Lipinski definition) is 6. The number of aromatic nitrogens is 2. The molecule has 1 aliphatic rings. The first-order valence-corrected chi connectivity index (χ1v) is 9.44. The minimum absolute atomic E-state index is 0.0348. The summed E-state index contributed by atoms with van der Waals surface area (Å²) in [6, 6.07) is 1.11. The number of nitrogens with two attached hydrogens (primary N) is 1. The van der Waals surface area contributed by atoms with Crippen molar-refractivity contribution in [3.05, 3.63) is 38.3 Å². The summed E-state index contributed by atoms with van der Waals surface area (Å²) in [5, 5.41) is 18.9. The minimum atomic E-state index is -0.834. The van der Waals surface area contributed by atoms with E-state index in [1.54, 1.807) is 18.9 Å². The number of aliphatic hydroxyl groups is 2. The molecule has 0 radical (unpaired) electrons. The van der Waals surface area contributed by atoms with Crippen LogP contribution < -0.4 is 22.0 Å². The van der Waals surface area contributed by atoms with Gasteiger partial charge in [0.15, 0.2) is 0 Å². The third kappa shape index (κ3) is 3.40. The van der Waals surface area contributed by atoms with E-state index in [2.05, 4.69) is 0 Å². The van der Waals surface area contributed by atoms with E-state index in [9.17, 15) is 19.1 Å². The van der Waals surface area contributed by atoms with Crippen LogP contribution >= 0.6 is 0 Å². The van der Waals surface area contributed by atoms with Gasteiger partial charge in [0.2, 0.25) is 0 Å². The molecule has 0 spiro atoms. The van der Waals surface area contributed by atoms with Gasteiger partial charge in [-0.3, -0.25) is 9.36 Å². The summed E-state index contributed by atoms with van der Waals surface area (Å²) >= 11 is 0. The highest BCUT2D eigenvalue weighted by molar-refractivity contribution is 5.87. The molecule has 4 N–H and O–H groups in total. The number of nitrogens with zero attached hydrogens (tertiary/aromatic N) is 3. The van der Waals surface area contributed by atoms with Gasteiger partial charge in [-0.15, -0.1) is 0 Å². The zero-order valence-electron chi connectivity index (χ0n) is 16.4. The maximum atomic E-state index is 14.9. The predicted molar refractivity (Wildman–Crippen MR) is 106 cm³/mol. The molecule has 2 atom stereocenters. The molecular formula is C19H27FN4O4. The van der Waals surface area contributed by atoms with E-state index < -0.39 is 23.2 Å². The van der Waals surface area contributed by atoms with Gasteiger partial charge >= 0.3 is 5.69 Å². The average molecular weight is 394 g/mol. The van der Waals surface area contributed by atoms with Crippen molar-refractivity contribution in [1.29, 1.82) is 0 Å². The Morgan fingerprint density at radius 1 is 1.39 bits per heavy atom. The van der Waals surface area contributed by atoms with Gasteiger partial charge in [0.05, 0.1) is 29.3 Å². The van der Waals surface area contributed by atoms with E-state index in [1.165, 1.54) is 4.57 Å². The number of aryl methyl sites for hydroxylation is 1. The van der Waals surface area contributed by atoms with Crippen molar-refractivity contribution in [1.82, 2.24) is 9.24 Å². The highest BCUT2D eigenvalue weighted by atomic mass is 19.1. The lowest BCUT2D eigenvalue weighted by Crippen LogP contribution is -2.44. The summed E-state index contributed by atoms with van der Waals surface area (Å²) in [4.78, 5) is 26.7. The third-order valence-corrected chi connectivity index (χ3v) is 5.62. The highest BCUT2D eigenvalue weighted by Gasteiger charge is 2.30. The van der Waals surface area contributed by atoms with E-state index in [1.807, 2.05) is 6.92 Å². The fourth-order valence-corrected chi connectivity index (χ4v) is 3.68. The van der Waals surface area contributed by atoms with Crippen LogP contribution in [0.15, 0.2) is 15.7 Å². The first-order valence-electron chi connectivity index (χ1n) is 9.44. The van der Waals surface area contributed by atoms with Crippen LogP contribution in [0.2, 0.25) is 0 Å². The maximum absolute atomic E-state index is 14.9. The Kier molecular flexibility index (Phi) is 5.49. The fraction of sp³-hybridized carbons (Fsp3) is 0.579. The predicted octanol–water partition coefficient (Wildman–Crippen LogP) is 0.475. The van der Waals surface area contributed by atoms with Crippen molar-refractivity contribution in [2.24, 2.45) is 5.92 Å².